The molecule has 0 heterocycles. The van der Waals surface area contributed by atoms with E-state index in [0.717, 1.165) is 5.45 Å². The summed E-state index contributed by atoms with van der Waals surface area (Å²) >= 11 is 0. The predicted octanol–water partition coefficient (Wildman–Crippen LogP) is 3.84. The van der Waals surface area contributed by atoms with Crippen LogP contribution in [-0.2, 0) is 0 Å². The molecule has 0 aliphatic heterocycles. The first-order chi connectivity index (χ1) is 9.00. The summed E-state index contributed by atoms with van der Waals surface area (Å²) in [7, 11) is -0.705. The fraction of sp³-hybridized carbons (Fsp3) is 0.250. The lowest BCUT2D eigenvalue weighted by Crippen LogP contribution is -1.94. The summed E-state index contributed by atoms with van der Waals surface area (Å²) in [5.41, 5.74) is 8.94. The maximum absolute atomic E-state index is 5.91. The summed E-state index contributed by atoms with van der Waals surface area (Å²) in [4.78, 5) is 4.34. The Morgan fingerprint density at radius 2 is 2.00 bits per heavy atom. The van der Waals surface area contributed by atoms with E-state index < -0.39 is 7.55 Å². The lowest BCUT2D eigenvalue weighted by molar-refractivity contribution is 0.965. The van der Waals surface area contributed by atoms with Gasteiger partial charge in [0.25, 0.3) is 0 Å². The number of hydrogen-bond acceptors (Lipinski definition) is 2. The molecule has 0 aliphatic carbocycles. The third-order valence-electron chi connectivity index (χ3n) is 2.93. The van der Waals surface area contributed by atoms with E-state index >= 15 is 0 Å². The molecule has 1 rings (SSSR count). The molecule has 0 spiro atoms. The Morgan fingerprint density at radius 3 is 2.58 bits per heavy atom. The molecule has 102 valence electrons. The third-order valence-corrected chi connectivity index (χ3v) is 4.29. The highest BCUT2D eigenvalue weighted by Crippen LogP contribution is 2.17. The maximum Gasteiger partial charge on any atom is 0.0501 e. The lowest BCUT2D eigenvalue weighted by atomic mass is 10.0. The highest BCUT2D eigenvalue weighted by Gasteiger charge is 1.99. The van der Waals surface area contributed by atoms with Crippen LogP contribution in [0.1, 0.15) is 25.3 Å². The monoisotopic (exact) mass is 274 g/mol. The quantitative estimate of drug-likeness (QED) is 0.494. The van der Waals surface area contributed by atoms with E-state index in [-0.39, 0.29) is 0 Å². The number of aliphatic imine (C=N–C) groups is 1. The van der Waals surface area contributed by atoms with Gasteiger partial charge < -0.3 is 5.73 Å². The molecular formula is C16H23N2P. The normalized spacial score (nSPS) is 16.6. The molecule has 0 bridgehead atoms. The summed E-state index contributed by atoms with van der Waals surface area (Å²) in [6.07, 6.45) is 9.73. The van der Waals surface area contributed by atoms with Crippen molar-refractivity contribution in [2.75, 3.05) is 6.66 Å². The Bertz CT molecular complexity index is 513. The van der Waals surface area contributed by atoms with Crippen LogP contribution in [0.25, 0.3) is 0 Å². The van der Waals surface area contributed by atoms with Crippen molar-refractivity contribution in [1.82, 2.24) is 0 Å². The number of nitrogens with zero attached hydrogens (tertiary/aromatic N) is 1. The molecule has 0 radical (unpaired) electrons. The second-order valence-corrected chi connectivity index (χ2v) is 6.97. The van der Waals surface area contributed by atoms with E-state index in [9.17, 15) is 0 Å². The van der Waals surface area contributed by atoms with Gasteiger partial charge in [0.2, 0.25) is 0 Å². The Morgan fingerprint density at radius 1 is 1.37 bits per heavy atom. The van der Waals surface area contributed by atoms with Crippen molar-refractivity contribution in [3.05, 3.63) is 59.9 Å². The fourth-order valence-electron chi connectivity index (χ4n) is 1.45. The number of benzene rings is 1. The number of hydrogen-bond donors (Lipinski definition) is 1. The second-order valence-electron chi connectivity index (χ2n) is 4.68. The minimum atomic E-state index is -0.705. The Labute approximate surface area is 117 Å². The average Bonchev–Trinajstić information content (AvgIpc) is 2.42. The average molecular weight is 274 g/mol. The molecule has 1 aromatic carbocycles. The zero-order valence-electron chi connectivity index (χ0n) is 11.9. The van der Waals surface area contributed by atoms with Crippen molar-refractivity contribution in [1.29, 1.82) is 0 Å². The van der Waals surface area contributed by atoms with Crippen LogP contribution in [0.5, 0.6) is 0 Å². The Hall–Kier alpha value is -1.53. The molecule has 0 aromatic heterocycles. The topological polar surface area (TPSA) is 38.4 Å². The first kappa shape index (κ1) is 15.5. The van der Waals surface area contributed by atoms with Crippen molar-refractivity contribution in [2.24, 2.45) is 10.7 Å². The lowest BCUT2D eigenvalue weighted by Gasteiger charge is -2.05. The van der Waals surface area contributed by atoms with Gasteiger partial charge in [-0.15, -0.1) is 0 Å². The largest absolute Gasteiger partial charge is 0.397 e. The van der Waals surface area contributed by atoms with Crippen LogP contribution < -0.4 is 5.73 Å². The number of rotatable bonds is 5. The number of allylic oxidation sites excluding steroid dienone is 2. The molecule has 0 fully saturated rings. The van der Waals surface area contributed by atoms with E-state index in [1.807, 2.05) is 31.2 Å². The van der Waals surface area contributed by atoms with E-state index in [2.05, 4.69) is 43.1 Å². The second kappa shape index (κ2) is 7.81. The number of nitrogens with two attached hydrogens (primary N) is 1. The summed E-state index contributed by atoms with van der Waals surface area (Å²) in [6.45, 7) is 6.26. The van der Waals surface area contributed by atoms with Gasteiger partial charge in [-0.3, -0.25) is 4.99 Å². The summed E-state index contributed by atoms with van der Waals surface area (Å²) in [6, 6.07) is 10.4. The van der Waals surface area contributed by atoms with Crippen LogP contribution in [0.15, 0.2) is 59.4 Å². The van der Waals surface area contributed by atoms with Gasteiger partial charge in [0, 0.05) is 11.1 Å². The van der Waals surface area contributed by atoms with Crippen molar-refractivity contribution in [3.8, 4) is 0 Å². The first-order valence-electron chi connectivity index (χ1n) is 6.39. The van der Waals surface area contributed by atoms with Gasteiger partial charge in [-0.1, -0.05) is 57.2 Å². The van der Waals surface area contributed by atoms with Crippen LogP contribution in [-0.4, -0.2) is 18.4 Å². The minimum absolute atomic E-state index is 0.344. The smallest absolute Gasteiger partial charge is 0.0501 e. The molecule has 0 amide bonds. The molecule has 2 N–H and O–H groups in total. The highest BCUT2D eigenvalue weighted by molar-refractivity contribution is 7.72. The summed E-state index contributed by atoms with van der Waals surface area (Å²) < 4.78 is 0. The zero-order chi connectivity index (χ0) is 14.3. The fourth-order valence-corrected chi connectivity index (χ4v) is 1.73. The van der Waals surface area contributed by atoms with E-state index in [1.165, 1.54) is 5.56 Å². The molecule has 1 unspecified atom stereocenters. The van der Waals surface area contributed by atoms with Gasteiger partial charge in [-0.2, -0.15) is 0 Å². The van der Waals surface area contributed by atoms with Crippen molar-refractivity contribution in [2.45, 2.75) is 19.8 Å². The summed E-state index contributed by atoms with van der Waals surface area (Å²) in [5, 5.41) is 0. The standard InChI is InChI=1S/C16H23N2P/c1-13(15-8-6-5-7-9-15)10-11-16(17)12-18-14(2)19(3)4/h5-13,19H,3,17H2,1-2,4H3/b11-10-,16-12+,18-14+/t13-/m0/s1. The predicted molar refractivity (Wildman–Crippen MR) is 90.7 cm³/mol. The molecular weight excluding hydrogens is 251 g/mol. The van der Waals surface area contributed by atoms with Gasteiger partial charge in [-0.05, 0) is 31.1 Å². The maximum atomic E-state index is 5.91. The molecule has 3 heteroatoms. The van der Waals surface area contributed by atoms with Crippen LogP contribution in [0.3, 0.4) is 0 Å². The van der Waals surface area contributed by atoms with E-state index in [4.69, 9.17) is 5.73 Å². The van der Waals surface area contributed by atoms with Crippen molar-refractivity contribution < 1.29 is 0 Å². The van der Waals surface area contributed by atoms with Crippen LogP contribution in [0, 0.1) is 0 Å². The van der Waals surface area contributed by atoms with Gasteiger partial charge in [-0.25, -0.2) is 0 Å². The van der Waals surface area contributed by atoms with Gasteiger partial charge in [0.05, 0.1) is 6.20 Å². The van der Waals surface area contributed by atoms with Gasteiger partial charge in [0.15, 0.2) is 0 Å². The first-order valence-corrected chi connectivity index (χ1v) is 8.60. The molecule has 0 saturated heterocycles. The van der Waals surface area contributed by atoms with E-state index in [1.54, 1.807) is 6.20 Å². The van der Waals surface area contributed by atoms with Crippen molar-refractivity contribution in [3.63, 3.8) is 0 Å². The Kier molecular flexibility index (Phi) is 6.38. The summed E-state index contributed by atoms with van der Waals surface area (Å²) in [5.74, 6) is 0.344. The van der Waals surface area contributed by atoms with Crippen LogP contribution >= 0.6 is 7.55 Å². The molecule has 19 heavy (non-hydrogen) atoms. The van der Waals surface area contributed by atoms with Crippen molar-refractivity contribution >= 4 is 19.3 Å². The van der Waals surface area contributed by atoms with Crippen LogP contribution in [0.4, 0.5) is 0 Å². The Balaban J connectivity index is 2.69. The minimum Gasteiger partial charge on any atom is -0.397 e. The molecule has 0 saturated carbocycles. The highest BCUT2D eigenvalue weighted by atomic mass is 31.1. The third kappa shape index (κ3) is 5.76. The van der Waals surface area contributed by atoms with Gasteiger partial charge in [0.1, 0.15) is 0 Å². The van der Waals surface area contributed by atoms with Crippen LogP contribution in [0.2, 0.25) is 0 Å². The molecule has 0 aliphatic rings. The SMILES string of the molecule is C=[PH](C)/C(C)=N/C=C(N)\C=C/[C@H](C)c1ccccc1. The molecule has 1 aromatic rings. The zero-order valence-corrected chi connectivity index (χ0v) is 12.9. The molecule has 2 atom stereocenters. The molecule has 2 nitrogen and oxygen atoms in total. The van der Waals surface area contributed by atoms with Gasteiger partial charge >= 0.3 is 0 Å². The van der Waals surface area contributed by atoms with E-state index in [0.29, 0.717) is 11.6 Å².